The van der Waals surface area contributed by atoms with Gasteiger partial charge in [0, 0.05) is 24.6 Å². The molecule has 4 heteroatoms. The number of benzene rings is 1. The summed E-state index contributed by atoms with van der Waals surface area (Å²) in [5, 5.41) is 13.5. The van der Waals surface area contributed by atoms with Crippen molar-refractivity contribution in [3.8, 4) is 0 Å². The summed E-state index contributed by atoms with van der Waals surface area (Å²) in [4.78, 5) is 0. The van der Waals surface area contributed by atoms with Gasteiger partial charge >= 0.3 is 0 Å². The molecule has 1 aromatic rings. The molecule has 0 heterocycles. The summed E-state index contributed by atoms with van der Waals surface area (Å²) < 4.78 is 18.8. The van der Waals surface area contributed by atoms with Crippen LogP contribution in [-0.4, -0.2) is 30.4 Å². The van der Waals surface area contributed by atoms with E-state index in [0.717, 1.165) is 13.0 Å². The van der Waals surface area contributed by atoms with E-state index in [1.165, 1.54) is 12.1 Å². The Morgan fingerprint density at radius 2 is 2.25 bits per heavy atom. The highest BCUT2D eigenvalue weighted by atomic mass is 19.1. The summed E-state index contributed by atoms with van der Waals surface area (Å²) in [6, 6.07) is 6.44. The van der Waals surface area contributed by atoms with Gasteiger partial charge in [-0.1, -0.05) is 26.0 Å². The highest BCUT2D eigenvalue weighted by Crippen LogP contribution is 2.42. The number of rotatable bonds is 6. The van der Waals surface area contributed by atoms with Crippen molar-refractivity contribution in [3.63, 3.8) is 0 Å². The molecule has 112 valence electrons. The van der Waals surface area contributed by atoms with Crippen molar-refractivity contribution >= 4 is 0 Å². The lowest BCUT2D eigenvalue weighted by molar-refractivity contribution is -0.115. The molecule has 20 heavy (non-hydrogen) atoms. The minimum absolute atomic E-state index is 0.0671. The molecule has 0 aromatic heterocycles. The first-order valence-electron chi connectivity index (χ1n) is 7.23. The van der Waals surface area contributed by atoms with Crippen LogP contribution >= 0.6 is 0 Å². The van der Waals surface area contributed by atoms with Gasteiger partial charge in [0.15, 0.2) is 0 Å². The maximum Gasteiger partial charge on any atom is 0.123 e. The number of hydrogen-bond acceptors (Lipinski definition) is 3. The predicted octanol–water partition coefficient (Wildman–Crippen LogP) is 2.65. The lowest BCUT2D eigenvalue weighted by Gasteiger charge is -2.52. The van der Waals surface area contributed by atoms with Crippen LogP contribution in [0.4, 0.5) is 4.39 Å². The maximum absolute atomic E-state index is 13.1. The predicted molar refractivity (Wildman–Crippen MR) is 77.0 cm³/mol. The molecule has 3 atom stereocenters. The molecule has 0 saturated heterocycles. The van der Waals surface area contributed by atoms with Gasteiger partial charge < -0.3 is 15.2 Å². The SMILES string of the molecule is CCOC1CC(NCC(O)c2cccc(F)c2)C1(C)C. The van der Waals surface area contributed by atoms with Crippen LogP contribution in [0.2, 0.25) is 0 Å². The van der Waals surface area contributed by atoms with E-state index in [1.807, 2.05) is 6.92 Å². The molecule has 0 spiro atoms. The van der Waals surface area contributed by atoms with Crippen molar-refractivity contribution in [3.05, 3.63) is 35.6 Å². The molecular formula is C16H24FNO2. The molecule has 2 N–H and O–H groups in total. The minimum atomic E-state index is -0.687. The van der Waals surface area contributed by atoms with Gasteiger partial charge in [0.25, 0.3) is 0 Å². The van der Waals surface area contributed by atoms with Gasteiger partial charge in [-0.2, -0.15) is 0 Å². The molecule has 0 amide bonds. The first-order chi connectivity index (χ1) is 9.45. The first kappa shape index (κ1) is 15.4. The molecule has 0 radical (unpaired) electrons. The van der Waals surface area contributed by atoms with Crippen LogP contribution in [0, 0.1) is 11.2 Å². The van der Waals surface area contributed by atoms with E-state index in [4.69, 9.17) is 4.74 Å². The third-order valence-electron chi connectivity index (χ3n) is 4.34. The van der Waals surface area contributed by atoms with Gasteiger partial charge in [0.1, 0.15) is 5.82 Å². The number of halogens is 1. The quantitative estimate of drug-likeness (QED) is 0.842. The molecule has 1 aliphatic carbocycles. The van der Waals surface area contributed by atoms with Gasteiger partial charge in [-0.25, -0.2) is 4.39 Å². The summed E-state index contributed by atoms with van der Waals surface area (Å²) >= 11 is 0. The molecule has 1 fully saturated rings. The van der Waals surface area contributed by atoms with E-state index in [-0.39, 0.29) is 17.3 Å². The average Bonchev–Trinajstić information content (AvgIpc) is 2.41. The van der Waals surface area contributed by atoms with E-state index >= 15 is 0 Å². The number of aliphatic hydroxyl groups is 1. The molecule has 1 aromatic carbocycles. The summed E-state index contributed by atoms with van der Waals surface area (Å²) in [6.07, 6.45) is 0.542. The molecule has 1 saturated carbocycles. The first-order valence-corrected chi connectivity index (χ1v) is 7.23. The molecule has 1 aliphatic rings. The third-order valence-corrected chi connectivity index (χ3v) is 4.34. The second-order valence-corrected chi connectivity index (χ2v) is 6.03. The molecule has 2 rings (SSSR count). The Bertz CT molecular complexity index is 450. The van der Waals surface area contributed by atoms with Crippen LogP contribution in [0.1, 0.15) is 38.9 Å². The molecule has 0 bridgehead atoms. The van der Waals surface area contributed by atoms with Crippen molar-refractivity contribution in [2.24, 2.45) is 5.41 Å². The second kappa shape index (κ2) is 6.20. The fourth-order valence-electron chi connectivity index (χ4n) is 2.80. The van der Waals surface area contributed by atoms with Crippen LogP contribution in [0.15, 0.2) is 24.3 Å². The Labute approximate surface area is 120 Å². The van der Waals surface area contributed by atoms with Crippen LogP contribution in [0.25, 0.3) is 0 Å². The third kappa shape index (κ3) is 3.19. The maximum atomic E-state index is 13.1. The standard InChI is InChI=1S/C16H24FNO2/c1-4-20-15-9-14(16(15,2)3)18-10-13(19)11-6-5-7-12(17)8-11/h5-8,13-15,18-19H,4,9-10H2,1-3H3. The number of hydrogen-bond donors (Lipinski definition) is 2. The van der Waals surface area contributed by atoms with Crippen LogP contribution in [-0.2, 0) is 4.74 Å². The lowest BCUT2D eigenvalue weighted by atomic mass is 9.64. The summed E-state index contributed by atoms with van der Waals surface area (Å²) in [7, 11) is 0. The van der Waals surface area contributed by atoms with E-state index in [0.29, 0.717) is 18.2 Å². The number of aliphatic hydroxyl groups excluding tert-OH is 1. The fourth-order valence-corrected chi connectivity index (χ4v) is 2.80. The van der Waals surface area contributed by atoms with Gasteiger partial charge in [-0.3, -0.25) is 0 Å². The lowest BCUT2D eigenvalue weighted by Crippen LogP contribution is -2.61. The van der Waals surface area contributed by atoms with E-state index in [9.17, 15) is 9.50 Å². The zero-order valence-electron chi connectivity index (χ0n) is 12.4. The van der Waals surface area contributed by atoms with Gasteiger partial charge in [0.2, 0.25) is 0 Å². The number of ether oxygens (including phenoxy) is 1. The second-order valence-electron chi connectivity index (χ2n) is 6.03. The van der Waals surface area contributed by atoms with E-state index in [2.05, 4.69) is 19.2 Å². The Morgan fingerprint density at radius 1 is 1.50 bits per heavy atom. The topological polar surface area (TPSA) is 41.5 Å². The van der Waals surface area contributed by atoms with Crippen LogP contribution in [0.3, 0.4) is 0 Å². The normalized spacial score (nSPS) is 26.1. The Kier molecular flexibility index (Phi) is 4.78. The zero-order valence-corrected chi connectivity index (χ0v) is 12.4. The Morgan fingerprint density at radius 3 is 2.85 bits per heavy atom. The smallest absolute Gasteiger partial charge is 0.123 e. The summed E-state index contributed by atoms with van der Waals surface area (Å²) in [6.45, 7) is 7.50. The van der Waals surface area contributed by atoms with Gasteiger partial charge in [-0.05, 0) is 31.0 Å². The van der Waals surface area contributed by atoms with E-state index in [1.54, 1.807) is 12.1 Å². The van der Waals surface area contributed by atoms with Crippen molar-refractivity contribution < 1.29 is 14.2 Å². The minimum Gasteiger partial charge on any atom is -0.387 e. The summed E-state index contributed by atoms with van der Waals surface area (Å²) in [5.74, 6) is -0.318. The highest BCUT2D eigenvalue weighted by molar-refractivity contribution is 5.19. The largest absolute Gasteiger partial charge is 0.387 e. The van der Waals surface area contributed by atoms with Crippen LogP contribution < -0.4 is 5.32 Å². The number of nitrogens with one attached hydrogen (secondary N) is 1. The van der Waals surface area contributed by atoms with Gasteiger partial charge in [-0.15, -0.1) is 0 Å². The molecule has 0 aliphatic heterocycles. The molecule has 3 nitrogen and oxygen atoms in total. The molecular weight excluding hydrogens is 257 g/mol. The van der Waals surface area contributed by atoms with Gasteiger partial charge in [0.05, 0.1) is 12.2 Å². The monoisotopic (exact) mass is 281 g/mol. The summed E-state index contributed by atoms with van der Waals surface area (Å²) in [5.41, 5.74) is 0.675. The Hall–Kier alpha value is -0.970. The van der Waals surface area contributed by atoms with Crippen molar-refractivity contribution in [2.75, 3.05) is 13.2 Å². The molecule has 3 unspecified atom stereocenters. The zero-order chi connectivity index (χ0) is 14.8. The van der Waals surface area contributed by atoms with Crippen LogP contribution in [0.5, 0.6) is 0 Å². The highest BCUT2D eigenvalue weighted by Gasteiger charge is 2.48. The average molecular weight is 281 g/mol. The van der Waals surface area contributed by atoms with Crippen molar-refractivity contribution in [2.45, 2.75) is 45.4 Å². The van der Waals surface area contributed by atoms with Crippen molar-refractivity contribution in [1.29, 1.82) is 0 Å². The van der Waals surface area contributed by atoms with Crippen molar-refractivity contribution in [1.82, 2.24) is 5.32 Å². The van der Waals surface area contributed by atoms with E-state index < -0.39 is 6.10 Å². The fraction of sp³-hybridized carbons (Fsp3) is 0.625. The Balaban J connectivity index is 1.84.